The summed E-state index contributed by atoms with van der Waals surface area (Å²) in [5.41, 5.74) is 4.08. The standard InChI is InChI=1S/C7H8F3N3O/c8-7(9,10)5-3-6(13-4-12-5)14-2-1-11/h3-4H,1-2,11H2. The fourth-order valence-corrected chi connectivity index (χ4v) is 0.737. The van der Waals surface area contributed by atoms with Gasteiger partial charge in [0.05, 0.1) is 0 Å². The van der Waals surface area contributed by atoms with Crippen molar-refractivity contribution in [2.45, 2.75) is 6.18 Å². The third-order valence-electron chi connectivity index (χ3n) is 1.30. The maximum Gasteiger partial charge on any atom is 0.433 e. The molecule has 0 saturated heterocycles. The van der Waals surface area contributed by atoms with E-state index in [0.717, 1.165) is 12.4 Å². The van der Waals surface area contributed by atoms with Crippen molar-refractivity contribution in [1.29, 1.82) is 0 Å². The van der Waals surface area contributed by atoms with Crippen LogP contribution in [0.4, 0.5) is 13.2 Å². The Hall–Kier alpha value is -1.37. The van der Waals surface area contributed by atoms with Crippen LogP contribution >= 0.6 is 0 Å². The molecule has 0 aliphatic rings. The first-order chi connectivity index (χ1) is 6.54. The fraction of sp³-hybridized carbons (Fsp3) is 0.429. The summed E-state index contributed by atoms with van der Waals surface area (Å²) in [6.45, 7) is 0.333. The van der Waals surface area contributed by atoms with Crippen LogP contribution in [-0.2, 0) is 6.18 Å². The van der Waals surface area contributed by atoms with E-state index in [2.05, 4.69) is 9.97 Å². The molecular weight excluding hydrogens is 199 g/mol. The summed E-state index contributed by atoms with van der Waals surface area (Å²) >= 11 is 0. The van der Waals surface area contributed by atoms with Crippen LogP contribution in [0.2, 0.25) is 0 Å². The molecule has 1 heterocycles. The number of hydrogen-bond acceptors (Lipinski definition) is 4. The van der Waals surface area contributed by atoms with Gasteiger partial charge in [0.15, 0.2) is 5.69 Å². The molecule has 14 heavy (non-hydrogen) atoms. The lowest BCUT2D eigenvalue weighted by Gasteiger charge is -2.07. The second-order valence-corrected chi connectivity index (χ2v) is 2.38. The van der Waals surface area contributed by atoms with E-state index in [1.807, 2.05) is 0 Å². The van der Waals surface area contributed by atoms with E-state index < -0.39 is 11.9 Å². The zero-order chi connectivity index (χ0) is 10.6. The minimum absolute atomic E-state index is 0.119. The zero-order valence-electron chi connectivity index (χ0n) is 7.08. The highest BCUT2D eigenvalue weighted by Gasteiger charge is 2.32. The third kappa shape index (κ3) is 2.84. The van der Waals surface area contributed by atoms with Gasteiger partial charge in [-0.1, -0.05) is 0 Å². The van der Waals surface area contributed by atoms with Gasteiger partial charge in [-0.15, -0.1) is 0 Å². The lowest BCUT2D eigenvalue weighted by Crippen LogP contribution is -2.13. The van der Waals surface area contributed by atoms with Crippen molar-refractivity contribution in [3.05, 3.63) is 18.1 Å². The van der Waals surface area contributed by atoms with Gasteiger partial charge in [0, 0.05) is 12.6 Å². The maximum absolute atomic E-state index is 12.1. The molecule has 0 unspecified atom stereocenters. The van der Waals surface area contributed by atoms with Crippen LogP contribution in [0.15, 0.2) is 12.4 Å². The van der Waals surface area contributed by atoms with Gasteiger partial charge >= 0.3 is 6.18 Å². The van der Waals surface area contributed by atoms with Crippen molar-refractivity contribution in [2.75, 3.05) is 13.2 Å². The van der Waals surface area contributed by atoms with E-state index in [9.17, 15) is 13.2 Å². The summed E-state index contributed by atoms with van der Waals surface area (Å²) in [4.78, 5) is 6.57. The number of alkyl halides is 3. The molecule has 1 aromatic rings. The Labute approximate surface area is 77.9 Å². The predicted octanol–water partition coefficient (Wildman–Crippen LogP) is 0.833. The molecule has 78 valence electrons. The Kier molecular flexibility index (Phi) is 3.23. The molecular formula is C7H8F3N3O. The van der Waals surface area contributed by atoms with Gasteiger partial charge in [0.25, 0.3) is 0 Å². The summed E-state index contributed by atoms with van der Waals surface area (Å²) in [7, 11) is 0. The summed E-state index contributed by atoms with van der Waals surface area (Å²) in [6, 6.07) is 0.732. The van der Waals surface area contributed by atoms with Crippen molar-refractivity contribution in [2.24, 2.45) is 5.73 Å². The first-order valence-electron chi connectivity index (χ1n) is 3.76. The van der Waals surface area contributed by atoms with E-state index >= 15 is 0 Å². The zero-order valence-corrected chi connectivity index (χ0v) is 7.08. The lowest BCUT2D eigenvalue weighted by atomic mass is 10.4. The van der Waals surface area contributed by atoms with Crippen LogP contribution in [0.5, 0.6) is 5.88 Å². The Morgan fingerprint density at radius 1 is 1.36 bits per heavy atom. The van der Waals surface area contributed by atoms with Gasteiger partial charge < -0.3 is 10.5 Å². The van der Waals surface area contributed by atoms with E-state index in [-0.39, 0.29) is 19.0 Å². The molecule has 7 heteroatoms. The van der Waals surface area contributed by atoms with Crippen LogP contribution in [0.25, 0.3) is 0 Å². The first kappa shape index (κ1) is 10.7. The Balaban J connectivity index is 2.79. The van der Waals surface area contributed by atoms with Crippen LogP contribution in [0, 0.1) is 0 Å². The van der Waals surface area contributed by atoms with Crippen LogP contribution in [0.3, 0.4) is 0 Å². The highest BCUT2D eigenvalue weighted by atomic mass is 19.4. The van der Waals surface area contributed by atoms with Crippen LogP contribution < -0.4 is 10.5 Å². The molecule has 0 atom stereocenters. The molecule has 0 aliphatic carbocycles. The van der Waals surface area contributed by atoms with Gasteiger partial charge in [-0.25, -0.2) is 9.97 Å². The first-order valence-corrected chi connectivity index (χ1v) is 3.76. The largest absolute Gasteiger partial charge is 0.476 e. The number of ether oxygens (including phenoxy) is 1. The Morgan fingerprint density at radius 2 is 2.07 bits per heavy atom. The number of aromatic nitrogens is 2. The van der Waals surface area contributed by atoms with Gasteiger partial charge in [-0.2, -0.15) is 13.2 Å². The quantitative estimate of drug-likeness (QED) is 0.797. The number of nitrogens with zero attached hydrogens (tertiary/aromatic N) is 2. The topological polar surface area (TPSA) is 61.0 Å². The predicted molar refractivity (Wildman–Crippen MR) is 41.6 cm³/mol. The molecule has 4 nitrogen and oxygen atoms in total. The monoisotopic (exact) mass is 207 g/mol. The second kappa shape index (κ2) is 4.23. The van der Waals surface area contributed by atoms with Crippen molar-refractivity contribution >= 4 is 0 Å². The molecule has 0 fully saturated rings. The summed E-state index contributed by atoms with van der Waals surface area (Å²) < 4.78 is 41.2. The van der Waals surface area contributed by atoms with Crippen molar-refractivity contribution in [3.63, 3.8) is 0 Å². The molecule has 0 aromatic carbocycles. The van der Waals surface area contributed by atoms with Gasteiger partial charge in [0.2, 0.25) is 5.88 Å². The van der Waals surface area contributed by atoms with E-state index in [1.165, 1.54) is 0 Å². The molecule has 0 saturated carbocycles. The summed E-state index contributed by atoms with van der Waals surface area (Å²) in [5, 5.41) is 0. The summed E-state index contributed by atoms with van der Waals surface area (Å²) in [5.74, 6) is -0.127. The minimum atomic E-state index is -4.48. The molecule has 0 amide bonds. The maximum atomic E-state index is 12.1. The van der Waals surface area contributed by atoms with Crippen molar-refractivity contribution in [1.82, 2.24) is 9.97 Å². The van der Waals surface area contributed by atoms with Crippen LogP contribution in [-0.4, -0.2) is 23.1 Å². The molecule has 1 rings (SSSR count). The van der Waals surface area contributed by atoms with Crippen molar-refractivity contribution < 1.29 is 17.9 Å². The highest BCUT2D eigenvalue weighted by molar-refractivity contribution is 5.15. The normalized spacial score (nSPS) is 11.4. The van der Waals surface area contributed by atoms with E-state index in [4.69, 9.17) is 10.5 Å². The minimum Gasteiger partial charge on any atom is -0.476 e. The molecule has 0 bridgehead atoms. The second-order valence-electron chi connectivity index (χ2n) is 2.38. The van der Waals surface area contributed by atoms with Crippen molar-refractivity contribution in [3.8, 4) is 5.88 Å². The fourth-order valence-electron chi connectivity index (χ4n) is 0.737. The Bertz CT molecular complexity index is 302. The third-order valence-corrected chi connectivity index (χ3v) is 1.30. The number of rotatable bonds is 3. The average molecular weight is 207 g/mol. The molecule has 1 aromatic heterocycles. The van der Waals surface area contributed by atoms with Gasteiger partial charge in [-0.3, -0.25) is 0 Å². The SMILES string of the molecule is NCCOc1cc(C(F)(F)F)ncn1. The highest BCUT2D eigenvalue weighted by Crippen LogP contribution is 2.28. The van der Waals surface area contributed by atoms with E-state index in [0.29, 0.717) is 0 Å². The molecule has 2 N–H and O–H groups in total. The number of nitrogens with two attached hydrogens (primary N) is 1. The van der Waals surface area contributed by atoms with E-state index in [1.54, 1.807) is 0 Å². The Morgan fingerprint density at radius 3 is 2.64 bits per heavy atom. The van der Waals surface area contributed by atoms with Gasteiger partial charge in [0.1, 0.15) is 12.9 Å². The molecule has 0 aliphatic heterocycles. The average Bonchev–Trinajstić information content (AvgIpc) is 2.14. The van der Waals surface area contributed by atoms with Gasteiger partial charge in [-0.05, 0) is 0 Å². The number of halogens is 3. The summed E-state index contributed by atoms with van der Waals surface area (Å²) in [6.07, 6.45) is -3.68. The number of hydrogen-bond donors (Lipinski definition) is 1. The molecule has 0 spiro atoms. The van der Waals surface area contributed by atoms with Crippen LogP contribution in [0.1, 0.15) is 5.69 Å². The smallest absolute Gasteiger partial charge is 0.433 e. The lowest BCUT2D eigenvalue weighted by molar-refractivity contribution is -0.141. The molecule has 0 radical (unpaired) electrons.